The zero-order chi connectivity index (χ0) is 14.5. The lowest BCUT2D eigenvalue weighted by Gasteiger charge is -2.55. The first-order chi connectivity index (χ1) is 8.48. The first-order valence-electron chi connectivity index (χ1n) is 8.48. The molecule has 0 aromatic rings. The van der Waals surface area contributed by atoms with Crippen LogP contribution in [0.4, 0.5) is 0 Å². The Morgan fingerprint density at radius 2 is 1.33 bits per heavy atom. The Morgan fingerprint density at radius 1 is 0.889 bits per heavy atom. The summed E-state index contributed by atoms with van der Waals surface area (Å²) in [4.78, 5) is 0. The fourth-order valence-electron chi connectivity index (χ4n) is 5.55. The highest BCUT2D eigenvalue weighted by molar-refractivity contribution is 4.99. The largest absolute Gasteiger partial charge is 0.0625 e. The molecule has 0 amide bonds. The summed E-state index contributed by atoms with van der Waals surface area (Å²) in [5, 5.41) is 0. The van der Waals surface area contributed by atoms with E-state index in [0.717, 1.165) is 12.8 Å². The van der Waals surface area contributed by atoms with Crippen molar-refractivity contribution in [1.29, 1.82) is 0 Å². The highest BCUT2D eigenvalue weighted by Gasteiger charge is 2.48. The SMILES string of the molecule is [2H]C1(C(C)C)CCC2(CC1)CC(C)(C)CC(C)(C)C2. The van der Waals surface area contributed by atoms with Gasteiger partial charge in [0.25, 0.3) is 0 Å². The van der Waals surface area contributed by atoms with E-state index in [0.29, 0.717) is 22.2 Å². The standard InChI is InChI=1S/C18H34/c1-14(2)15-7-9-18(10-8-15)12-16(3,4)11-17(5,6)13-18/h14-15H,7-13H2,1-6H3/i15D. The van der Waals surface area contributed by atoms with Gasteiger partial charge in [0.1, 0.15) is 0 Å². The monoisotopic (exact) mass is 251 g/mol. The van der Waals surface area contributed by atoms with E-state index in [4.69, 9.17) is 1.37 Å². The van der Waals surface area contributed by atoms with E-state index in [-0.39, 0.29) is 5.89 Å². The molecule has 0 aromatic carbocycles. The van der Waals surface area contributed by atoms with Crippen molar-refractivity contribution in [2.75, 3.05) is 0 Å². The Balaban J connectivity index is 2.14. The molecule has 18 heavy (non-hydrogen) atoms. The third-order valence-corrected chi connectivity index (χ3v) is 5.43. The first kappa shape index (κ1) is 13.0. The van der Waals surface area contributed by atoms with Gasteiger partial charge in [0.2, 0.25) is 0 Å². The highest BCUT2D eigenvalue weighted by atomic mass is 14.5. The van der Waals surface area contributed by atoms with Crippen molar-refractivity contribution < 1.29 is 1.37 Å². The molecule has 1 spiro atoms. The van der Waals surface area contributed by atoms with Gasteiger partial charge < -0.3 is 0 Å². The highest BCUT2D eigenvalue weighted by Crippen LogP contribution is 2.60. The van der Waals surface area contributed by atoms with Crippen LogP contribution < -0.4 is 0 Å². The van der Waals surface area contributed by atoms with Gasteiger partial charge in [0, 0.05) is 1.37 Å². The lowest BCUT2D eigenvalue weighted by Crippen LogP contribution is -2.43. The molecule has 2 saturated carbocycles. The van der Waals surface area contributed by atoms with Gasteiger partial charge >= 0.3 is 0 Å². The van der Waals surface area contributed by atoms with E-state index in [9.17, 15) is 0 Å². The fourth-order valence-corrected chi connectivity index (χ4v) is 5.55. The Kier molecular flexibility index (Phi) is 3.27. The second-order valence-electron chi connectivity index (χ2n) is 9.17. The quantitative estimate of drug-likeness (QED) is 0.531. The van der Waals surface area contributed by atoms with Crippen LogP contribution in [-0.2, 0) is 0 Å². The number of hydrogen-bond donors (Lipinski definition) is 0. The Morgan fingerprint density at radius 3 is 1.72 bits per heavy atom. The molecule has 0 aromatic heterocycles. The van der Waals surface area contributed by atoms with E-state index < -0.39 is 0 Å². The average molecular weight is 251 g/mol. The van der Waals surface area contributed by atoms with Crippen LogP contribution in [0.3, 0.4) is 0 Å². The summed E-state index contributed by atoms with van der Waals surface area (Å²) in [5.74, 6) is 0.367. The second kappa shape index (κ2) is 4.53. The van der Waals surface area contributed by atoms with E-state index in [1.807, 2.05) is 0 Å². The zero-order valence-corrected chi connectivity index (χ0v) is 13.5. The van der Waals surface area contributed by atoms with Gasteiger partial charge in [0.05, 0.1) is 0 Å². The molecule has 0 radical (unpaired) electrons. The van der Waals surface area contributed by atoms with Gasteiger partial charge in [-0.3, -0.25) is 0 Å². The predicted octanol–water partition coefficient (Wildman–Crippen LogP) is 6.06. The Bertz CT molecular complexity index is 312. The van der Waals surface area contributed by atoms with Crippen molar-refractivity contribution in [1.82, 2.24) is 0 Å². The molecular weight excluding hydrogens is 216 g/mol. The van der Waals surface area contributed by atoms with Crippen molar-refractivity contribution in [3.63, 3.8) is 0 Å². The van der Waals surface area contributed by atoms with Gasteiger partial charge in [-0.25, -0.2) is 0 Å². The van der Waals surface area contributed by atoms with Crippen LogP contribution >= 0.6 is 0 Å². The molecule has 2 rings (SSSR count). The maximum atomic E-state index is 8.67. The van der Waals surface area contributed by atoms with Crippen molar-refractivity contribution in [2.45, 2.75) is 86.5 Å². The minimum absolute atomic E-state index is 0.142. The molecule has 0 atom stereocenters. The van der Waals surface area contributed by atoms with E-state index in [1.54, 1.807) is 0 Å². The molecular formula is C18H34. The molecule has 2 fully saturated rings. The van der Waals surface area contributed by atoms with Crippen molar-refractivity contribution in [3.05, 3.63) is 0 Å². The van der Waals surface area contributed by atoms with Gasteiger partial charge in [-0.2, -0.15) is 0 Å². The summed E-state index contributed by atoms with van der Waals surface area (Å²) in [6.07, 6.45) is 8.96. The normalized spacial score (nSPS) is 33.4. The maximum Gasteiger partial charge on any atom is 0.0305 e. The summed E-state index contributed by atoms with van der Waals surface area (Å²) >= 11 is 0. The summed E-state index contributed by atoms with van der Waals surface area (Å²) < 4.78 is 8.67. The minimum atomic E-state index is -0.142. The maximum absolute atomic E-state index is 8.67. The van der Waals surface area contributed by atoms with Crippen LogP contribution in [0.15, 0.2) is 0 Å². The smallest absolute Gasteiger partial charge is 0.0305 e. The van der Waals surface area contributed by atoms with E-state index >= 15 is 0 Å². The summed E-state index contributed by atoms with van der Waals surface area (Å²) in [7, 11) is 0. The summed E-state index contributed by atoms with van der Waals surface area (Å²) in [5.41, 5.74) is 1.52. The zero-order valence-electron chi connectivity index (χ0n) is 14.5. The molecule has 0 heterocycles. The van der Waals surface area contributed by atoms with Crippen molar-refractivity contribution in [3.8, 4) is 0 Å². The molecule has 0 N–H and O–H groups in total. The lowest BCUT2D eigenvalue weighted by atomic mass is 9.50. The van der Waals surface area contributed by atoms with Gasteiger partial charge in [-0.1, -0.05) is 41.5 Å². The molecule has 0 nitrogen and oxygen atoms in total. The third-order valence-electron chi connectivity index (χ3n) is 5.43. The fraction of sp³-hybridized carbons (Fsp3) is 1.00. The molecule has 2 aliphatic rings. The van der Waals surface area contributed by atoms with Gasteiger partial charge in [-0.15, -0.1) is 0 Å². The van der Waals surface area contributed by atoms with Crippen LogP contribution in [0.2, 0.25) is 0 Å². The second-order valence-corrected chi connectivity index (χ2v) is 9.17. The molecule has 0 bridgehead atoms. The molecule has 0 heteroatoms. The number of hydrogen-bond acceptors (Lipinski definition) is 0. The van der Waals surface area contributed by atoms with Crippen molar-refractivity contribution >= 4 is 0 Å². The lowest BCUT2D eigenvalue weighted by molar-refractivity contribution is -0.0371. The molecule has 106 valence electrons. The molecule has 0 unspecified atom stereocenters. The van der Waals surface area contributed by atoms with Crippen LogP contribution in [0.5, 0.6) is 0 Å². The Labute approximate surface area is 116 Å². The van der Waals surface area contributed by atoms with Crippen LogP contribution in [0.25, 0.3) is 0 Å². The van der Waals surface area contributed by atoms with E-state index in [2.05, 4.69) is 41.5 Å². The number of rotatable bonds is 1. The predicted molar refractivity (Wildman–Crippen MR) is 80.6 cm³/mol. The minimum Gasteiger partial charge on any atom is -0.0625 e. The summed E-state index contributed by atoms with van der Waals surface area (Å²) in [6.45, 7) is 14.3. The molecule has 0 aliphatic heterocycles. The van der Waals surface area contributed by atoms with E-state index in [1.165, 1.54) is 32.1 Å². The third kappa shape index (κ3) is 3.11. The van der Waals surface area contributed by atoms with Crippen molar-refractivity contribution in [2.24, 2.45) is 28.1 Å². The van der Waals surface area contributed by atoms with Crippen LogP contribution in [0, 0.1) is 28.1 Å². The van der Waals surface area contributed by atoms with Crippen LogP contribution in [0.1, 0.15) is 87.9 Å². The molecule has 2 aliphatic carbocycles. The van der Waals surface area contributed by atoms with Gasteiger partial charge in [0.15, 0.2) is 0 Å². The first-order valence-corrected chi connectivity index (χ1v) is 7.98. The Hall–Kier alpha value is 0. The average Bonchev–Trinajstić information content (AvgIpc) is 2.18. The van der Waals surface area contributed by atoms with Gasteiger partial charge in [-0.05, 0) is 73.0 Å². The summed E-state index contributed by atoms with van der Waals surface area (Å²) in [6, 6.07) is 0. The topological polar surface area (TPSA) is 0 Å². The van der Waals surface area contributed by atoms with Crippen LogP contribution in [-0.4, -0.2) is 0 Å². The molecule has 0 saturated heterocycles.